The van der Waals surface area contributed by atoms with Crippen LogP contribution in [0.4, 0.5) is 5.82 Å². The molecule has 122 valence electrons. The highest BCUT2D eigenvalue weighted by Crippen LogP contribution is 2.30. The predicted octanol–water partition coefficient (Wildman–Crippen LogP) is 1.70. The Morgan fingerprint density at radius 3 is 2.59 bits per heavy atom. The Kier molecular flexibility index (Phi) is 4.65. The van der Waals surface area contributed by atoms with Crippen molar-refractivity contribution in [2.75, 3.05) is 31.6 Å². The second kappa shape index (κ2) is 6.52. The number of pyridine rings is 1. The van der Waals surface area contributed by atoms with E-state index in [1.165, 1.54) is 29.8 Å². The molecule has 0 aromatic carbocycles. The van der Waals surface area contributed by atoms with Crippen molar-refractivity contribution in [2.24, 2.45) is 5.92 Å². The molecule has 3 rings (SSSR count). The van der Waals surface area contributed by atoms with E-state index in [-0.39, 0.29) is 4.90 Å². The van der Waals surface area contributed by atoms with E-state index in [4.69, 9.17) is 4.74 Å². The van der Waals surface area contributed by atoms with Gasteiger partial charge < -0.3 is 10.1 Å². The third-order valence-corrected chi connectivity index (χ3v) is 6.46. The minimum Gasteiger partial charge on any atom is -0.379 e. The Morgan fingerprint density at radius 1 is 1.32 bits per heavy atom. The summed E-state index contributed by atoms with van der Waals surface area (Å²) in [5, 5.41) is 3.36. The first-order valence-electron chi connectivity index (χ1n) is 7.88. The minimum absolute atomic E-state index is 0.247. The predicted molar refractivity (Wildman–Crippen MR) is 84.2 cm³/mol. The van der Waals surface area contributed by atoms with Crippen LogP contribution in [0.2, 0.25) is 0 Å². The van der Waals surface area contributed by atoms with Crippen molar-refractivity contribution in [1.29, 1.82) is 0 Å². The van der Waals surface area contributed by atoms with Crippen molar-refractivity contribution in [1.82, 2.24) is 9.29 Å². The van der Waals surface area contributed by atoms with E-state index in [9.17, 15) is 8.42 Å². The molecule has 1 atom stereocenters. The SMILES string of the molecule is CC(Nc1ccc(S(=O)(=O)N2CCOCC2)cn1)C1CCC1. The molecule has 2 fully saturated rings. The summed E-state index contributed by atoms with van der Waals surface area (Å²) in [6.07, 6.45) is 5.27. The molecule has 1 unspecified atom stereocenters. The summed E-state index contributed by atoms with van der Waals surface area (Å²) in [4.78, 5) is 4.52. The maximum absolute atomic E-state index is 12.5. The van der Waals surface area contributed by atoms with E-state index in [1.54, 1.807) is 12.1 Å². The monoisotopic (exact) mass is 325 g/mol. The summed E-state index contributed by atoms with van der Waals surface area (Å²) in [7, 11) is -3.45. The van der Waals surface area contributed by atoms with Crippen LogP contribution in [-0.2, 0) is 14.8 Å². The highest BCUT2D eigenvalue weighted by Gasteiger charge is 2.27. The number of rotatable bonds is 5. The molecule has 2 heterocycles. The molecule has 1 aromatic rings. The highest BCUT2D eigenvalue weighted by molar-refractivity contribution is 7.89. The Hall–Kier alpha value is -1.18. The van der Waals surface area contributed by atoms with Crippen LogP contribution in [0.25, 0.3) is 0 Å². The Labute approximate surface area is 131 Å². The molecule has 22 heavy (non-hydrogen) atoms. The van der Waals surface area contributed by atoms with Crippen LogP contribution in [0.15, 0.2) is 23.2 Å². The summed E-state index contributed by atoms with van der Waals surface area (Å²) in [5.41, 5.74) is 0. The topological polar surface area (TPSA) is 71.5 Å². The first-order valence-corrected chi connectivity index (χ1v) is 9.32. The average Bonchev–Trinajstić information content (AvgIpc) is 2.47. The fourth-order valence-corrected chi connectivity index (χ4v) is 4.20. The first kappa shape index (κ1) is 15.7. The number of morpholine rings is 1. The quantitative estimate of drug-likeness (QED) is 0.892. The lowest BCUT2D eigenvalue weighted by atomic mass is 9.80. The standard InChI is InChI=1S/C15H23N3O3S/c1-12(13-3-2-4-13)17-15-6-5-14(11-16-15)22(19,20)18-7-9-21-10-8-18/h5-6,11-13H,2-4,7-10H2,1H3,(H,16,17). The van der Waals surface area contributed by atoms with Crippen molar-refractivity contribution in [3.63, 3.8) is 0 Å². The van der Waals surface area contributed by atoms with Crippen LogP contribution in [-0.4, -0.2) is 50.1 Å². The van der Waals surface area contributed by atoms with Gasteiger partial charge in [-0.3, -0.25) is 0 Å². The van der Waals surface area contributed by atoms with Crippen molar-refractivity contribution in [2.45, 2.75) is 37.1 Å². The zero-order valence-corrected chi connectivity index (χ0v) is 13.7. The number of aromatic nitrogens is 1. The van der Waals surface area contributed by atoms with Gasteiger partial charge in [0.1, 0.15) is 10.7 Å². The molecule has 1 aliphatic carbocycles. The molecule has 2 aliphatic rings. The zero-order valence-electron chi connectivity index (χ0n) is 12.9. The number of anilines is 1. The number of nitrogens with one attached hydrogen (secondary N) is 1. The highest BCUT2D eigenvalue weighted by atomic mass is 32.2. The summed E-state index contributed by atoms with van der Waals surface area (Å²) < 4.78 is 31.6. The number of nitrogens with zero attached hydrogens (tertiary/aromatic N) is 2. The van der Waals surface area contributed by atoms with Gasteiger partial charge >= 0.3 is 0 Å². The molecule has 1 aliphatic heterocycles. The van der Waals surface area contributed by atoms with E-state index < -0.39 is 10.0 Å². The fraction of sp³-hybridized carbons (Fsp3) is 0.667. The maximum atomic E-state index is 12.5. The molecule has 0 bridgehead atoms. The molecule has 0 spiro atoms. The molecule has 0 amide bonds. The van der Waals surface area contributed by atoms with Crippen LogP contribution in [0.5, 0.6) is 0 Å². The molecular formula is C15H23N3O3S. The van der Waals surface area contributed by atoms with Crippen molar-refractivity contribution in [3.8, 4) is 0 Å². The van der Waals surface area contributed by atoms with E-state index >= 15 is 0 Å². The molecule has 6 nitrogen and oxygen atoms in total. The van der Waals surface area contributed by atoms with Crippen LogP contribution in [0.1, 0.15) is 26.2 Å². The lowest BCUT2D eigenvalue weighted by Gasteiger charge is -2.32. The molecule has 1 N–H and O–H groups in total. The maximum Gasteiger partial charge on any atom is 0.244 e. The lowest BCUT2D eigenvalue weighted by molar-refractivity contribution is 0.0730. The van der Waals surface area contributed by atoms with E-state index in [2.05, 4.69) is 17.2 Å². The Balaban J connectivity index is 1.67. The third-order valence-electron chi connectivity index (χ3n) is 4.58. The number of sulfonamides is 1. The van der Waals surface area contributed by atoms with Crippen LogP contribution in [0, 0.1) is 5.92 Å². The molecule has 1 saturated carbocycles. The van der Waals surface area contributed by atoms with Crippen molar-refractivity contribution >= 4 is 15.8 Å². The van der Waals surface area contributed by atoms with Gasteiger partial charge in [0.25, 0.3) is 0 Å². The van der Waals surface area contributed by atoms with Gasteiger partial charge in [0.15, 0.2) is 0 Å². The summed E-state index contributed by atoms with van der Waals surface area (Å²) >= 11 is 0. The van der Waals surface area contributed by atoms with E-state index in [0.29, 0.717) is 38.3 Å². The van der Waals surface area contributed by atoms with Crippen LogP contribution < -0.4 is 5.32 Å². The molecule has 7 heteroatoms. The minimum atomic E-state index is -3.45. The van der Waals surface area contributed by atoms with Gasteiger partial charge in [-0.25, -0.2) is 13.4 Å². The molecular weight excluding hydrogens is 302 g/mol. The second-order valence-electron chi connectivity index (χ2n) is 6.02. The largest absolute Gasteiger partial charge is 0.379 e. The van der Waals surface area contributed by atoms with Gasteiger partial charge in [-0.1, -0.05) is 6.42 Å². The Bertz CT molecular complexity index is 593. The van der Waals surface area contributed by atoms with Crippen LogP contribution >= 0.6 is 0 Å². The van der Waals surface area contributed by atoms with Gasteiger partial charge in [0.05, 0.1) is 13.2 Å². The summed E-state index contributed by atoms with van der Waals surface area (Å²) in [6.45, 7) is 3.86. The molecule has 1 aromatic heterocycles. The summed E-state index contributed by atoms with van der Waals surface area (Å²) in [6, 6.07) is 3.76. The summed E-state index contributed by atoms with van der Waals surface area (Å²) in [5.74, 6) is 1.44. The second-order valence-corrected chi connectivity index (χ2v) is 7.96. The van der Waals surface area contributed by atoms with Gasteiger partial charge in [0, 0.05) is 25.3 Å². The van der Waals surface area contributed by atoms with Gasteiger partial charge in [-0.15, -0.1) is 0 Å². The third kappa shape index (κ3) is 3.26. The van der Waals surface area contributed by atoms with Crippen molar-refractivity contribution in [3.05, 3.63) is 18.3 Å². The number of ether oxygens (including phenoxy) is 1. The van der Waals surface area contributed by atoms with E-state index in [1.807, 2.05) is 0 Å². The average molecular weight is 325 g/mol. The molecule has 0 radical (unpaired) electrons. The Morgan fingerprint density at radius 2 is 2.05 bits per heavy atom. The van der Waals surface area contributed by atoms with Gasteiger partial charge in [0.2, 0.25) is 10.0 Å². The molecule has 1 saturated heterocycles. The number of hydrogen-bond acceptors (Lipinski definition) is 5. The van der Waals surface area contributed by atoms with Crippen molar-refractivity contribution < 1.29 is 13.2 Å². The van der Waals surface area contributed by atoms with Gasteiger partial charge in [-0.2, -0.15) is 4.31 Å². The normalized spacial score (nSPS) is 22.0. The first-order chi connectivity index (χ1) is 10.6. The lowest BCUT2D eigenvalue weighted by Crippen LogP contribution is -2.40. The number of hydrogen-bond donors (Lipinski definition) is 1. The smallest absolute Gasteiger partial charge is 0.244 e. The van der Waals surface area contributed by atoms with Gasteiger partial charge in [-0.05, 0) is 37.8 Å². The van der Waals surface area contributed by atoms with Crippen LogP contribution in [0.3, 0.4) is 0 Å². The fourth-order valence-electron chi connectivity index (χ4n) is 2.85. The van der Waals surface area contributed by atoms with E-state index in [0.717, 1.165) is 5.82 Å². The zero-order chi connectivity index (χ0) is 15.6.